The van der Waals surface area contributed by atoms with Gasteiger partial charge in [-0.1, -0.05) is 6.92 Å². The van der Waals surface area contributed by atoms with Gasteiger partial charge in [0, 0.05) is 31.5 Å². The highest BCUT2D eigenvalue weighted by molar-refractivity contribution is 6.17. The van der Waals surface area contributed by atoms with Crippen LogP contribution in [0.5, 0.6) is 0 Å². The summed E-state index contributed by atoms with van der Waals surface area (Å²) in [5.74, 6) is -1.10. The molecule has 2 heterocycles. The quantitative estimate of drug-likeness (QED) is 0.679. The van der Waals surface area contributed by atoms with Gasteiger partial charge in [0.05, 0.1) is 0 Å². The average molecular weight is 263 g/mol. The van der Waals surface area contributed by atoms with E-state index in [2.05, 4.69) is 0 Å². The van der Waals surface area contributed by atoms with Gasteiger partial charge < -0.3 is 4.90 Å². The molecule has 2 rings (SSSR count). The monoisotopic (exact) mass is 263 g/mol. The SMILES string of the molecule is CCC(=O)N1CCCC(C[C]=O)N2C(=O)C=C1C2=O. The molecule has 2 bridgehead atoms. The molecule has 0 aromatic rings. The maximum absolute atomic E-state index is 12.2. The fourth-order valence-electron chi connectivity index (χ4n) is 2.48. The Morgan fingerprint density at radius 2 is 2.21 bits per heavy atom. The van der Waals surface area contributed by atoms with Crippen LogP contribution < -0.4 is 0 Å². The van der Waals surface area contributed by atoms with Crippen LogP contribution in [0.25, 0.3) is 0 Å². The molecule has 3 amide bonds. The summed E-state index contributed by atoms with van der Waals surface area (Å²) in [7, 11) is 0. The maximum atomic E-state index is 12.2. The lowest BCUT2D eigenvalue weighted by Gasteiger charge is -2.31. The predicted molar refractivity (Wildman–Crippen MR) is 65.3 cm³/mol. The molecule has 1 fully saturated rings. The summed E-state index contributed by atoms with van der Waals surface area (Å²) >= 11 is 0. The van der Waals surface area contributed by atoms with Gasteiger partial charge in [0.1, 0.15) is 5.70 Å². The lowest BCUT2D eigenvalue weighted by molar-refractivity contribution is -0.143. The molecule has 2 aliphatic heterocycles. The van der Waals surface area contributed by atoms with Gasteiger partial charge in [0.15, 0.2) is 0 Å². The number of hydrogen-bond donors (Lipinski definition) is 0. The molecule has 1 radical (unpaired) electrons. The van der Waals surface area contributed by atoms with E-state index in [1.807, 2.05) is 0 Å². The van der Waals surface area contributed by atoms with Crippen LogP contribution >= 0.6 is 0 Å². The predicted octanol–water partition coefficient (Wildman–Crippen LogP) is 0.140. The van der Waals surface area contributed by atoms with Gasteiger partial charge >= 0.3 is 0 Å². The van der Waals surface area contributed by atoms with Crippen molar-refractivity contribution in [3.8, 4) is 0 Å². The Kier molecular flexibility index (Phi) is 3.78. The summed E-state index contributed by atoms with van der Waals surface area (Å²) in [4.78, 5) is 48.9. The third kappa shape index (κ3) is 2.30. The molecule has 6 nitrogen and oxygen atoms in total. The van der Waals surface area contributed by atoms with Crippen LogP contribution in [-0.2, 0) is 19.2 Å². The zero-order chi connectivity index (χ0) is 14.0. The van der Waals surface area contributed by atoms with Gasteiger partial charge in [-0.25, -0.2) is 0 Å². The Bertz CT molecular complexity index is 469. The van der Waals surface area contributed by atoms with E-state index in [1.54, 1.807) is 13.2 Å². The topological polar surface area (TPSA) is 74.8 Å². The second-order valence-corrected chi connectivity index (χ2v) is 4.59. The molecule has 1 unspecified atom stereocenters. The molecule has 101 valence electrons. The minimum absolute atomic E-state index is 0.0281. The van der Waals surface area contributed by atoms with Crippen molar-refractivity contribution in [1.29, 1.82) is 0 Å². The highest BCUT2D eigenvalue weighted by Gasteiger charge is 2.41. The van der Waals surface area contributed by atoms with Crippen LogP contribution in [0.2, 0.25) is 0 Å². The Labute approximate surface area is 111 Å². The van der Waals surface area contributed by atoms with Gasteiger partial charge in [0.25, 0.3) is 11.8 Å². The number of rotatable bonds is 3. The van der Waals surface area contributed by atoms with Gasteiger partial charge in [0.2, 0.25) is 12.2 Å². The maximum Gasteiger partial charge on any atom is 0.277 e. The van der Waals surface area contributed by atoms with E-state index in [4.69, 9.17) is 0 Å². The minimum Gasteiger partial charge on any atom is -0.307 e. The molecule has 2 aliphatic rings. The molecule has 0 aromatic heterocycles. The van der Waals surface area contributed by atoms with Crippen molar-refractivity contribution < 1.29 is 19.2 Å². The molecule has 0 aliphatic carbocycles. The number of amides is 3. The van der Waals surface area contributed by atoms with Crippen LogP contribution in [0.4, 0.5) is 0 Å². The first-order valence-corrected chi connectivity index (χ1v) is 6.34. The van der Waals surface area contributed by atoms with E-state index in [0.29, 0.717) is 19.4 Å². The molecule has 0 aromatic carbocycles. The smallest absolute Gasteiger partial charge is 0.277 e. The molecule has 1 atom stereocenters. The van der Waals surface area contributed by atoms with E-state index in [9.17, 15) is 19.2 Å². The number of fused-ring (bicyclic) bond motifs is 2. The Balaban J connectivity index is 2.32. The van der Waals surface area contributed by atoms with Gasteiger partial charge in [-0.3, -0.25) is 24.1 Å². The summed E-state index contributed by atoms with van der Waals surface area (Å²) in [5, 5.41) is 0. The molecule has 6 heteroatoms. The standard InChI is InChI=1S/C13H15N2O4/c1-2-11(17)14-6-3-4-9(5-7-16)15-12(18)8-10(14)13(15)19/h8-9H,2-6H2,1H3. The van der Waals surface area contributed by atoms with E-state index in [1.165, 1.54) is 11.0 Å². The highest BCUT2D eigenvalue weighted by atomic mass is 16.2. The van der Waals surface area contributed by atoms with Crippen molar-refractivity contribution in [3.63, 3.8) is 0 Å². The van der Waals surface area contributed by atoms with E-state index < -0.39 is 17.9 Å². The molecule has 0 spiro atoms. The lowest BCUT2D eigenvalue weighted by atomic mass is 10.0. The molecule has 0 saturated carbocycles. The normalized spacial score (nSPS) is 23.0. The number of hydrogen-bond acceptors (Lipinski definition) is 4. The van der Waals surface area contributed by atoms with E-state index in [0.717, 1.165) is 4.90 Å². The highest BCUT2D eigenvalue weighted by Crippen LogP contribution is 2.26. The largest absolute Gasteiger partial charge is 0.307 e. The summed E-state index contributed by atoms with van der Waals surface area (Å²) < 4.78 is 0. The van der Waals surface area contributed by atoms with E-state index >= 15 is 0 Å². The Morgan fingerprint density at radius 3 is 2.84 bits per heavy atom. The summed E-state index contributed by atoms with van der Waals surface area (Å²) in [5.41, 5.74) is 0.132. The van der Waals surface area contributed by atoms with Crippen LogP contribution in [-0.4, -0.2) is 46.4 Å². The van der Waals surface area contributed by atoms with Crippen LogP contribution in [0, 0.1) is 0 Å². The average Bonchev–Trinajstić information content (AvgIpc) is 2.70. The van der Waals surface area contributed by atoms with Crippen molar-refractivity contribution in [2.45, 2.75) is 38.6 Å². The zero-order valence-corrected chi connectivity index (χ0v) is 10.7. The number of nitrogens with zero attached hydrogens (tertiary/aromatic N) is 2. The zero-order valence-electron chi connectivity index (χ0n) is 10.7. The van der Waals surface area contributed by atoms with Crippen molar-refractivity contribution >= 4 is 24.0 Å². The number of carbonyl (C=O) groups is 3. The molecule has 1 saturated heterocycles. The molecule has 0 N–H and O–H groups in total. The van der Waals surface area contributed by atoms with Crippen molar-refractivity contribution in [2.75, 3.05) is 6.54 Å². The van der Waals surface area contributed by atoms with Gasteiger partial charge in [-0.15, -0.1) is 0 Å². The van der Waals surface area contributed by atoms with Crippen LogP contribution in [0.15, 0.2) is 11.8 Å². The summed E-state index contributed by atoms with van der Waals surface area (Å²) in [6, 6.07) is -0.440. The van der Waals surface area contributed by atoms with Crippen LogP contribution in [0.3, 0.4) is 0 Å². The summed E-state index contributed by atoms with van der Waals surface area (Å²) in [6.07, 6.45) is 4.42. The fraction of sp³-hybridized carbons (Fsp3) is 0.538. The second kappa shape index (κ2) is 5.34. The van der Waals surface area contributed by atoms with Crippen LogP contribution in [0.1, 0.15) is 32.6 Å². The van der Waals surface area contributed by atoms with E-state index in [-0.39, 0.29) is 24.4 Å². The lowest BCUT2D eigenvalue weighted by Crippen LogP contribution is -2.46. The molecular weight excluding hydrogens is 248 g/mol. The van der Waals surface area contributed by atoms with Gasteiger partial charge in [-0.05, 0) is 12.8 Å². The fourth-order valence-corrected chi connectivity index (χ4v) is 2.48. The first-order valence-electron chi connectivity index (χ1n) is 6.34. The second-order valence-electron chi connectivity index (χ2n) is 4.59. The number of imide groups is 1. The third-order valence-electron chi connectivity index (χ3n) is 3.43. The number of carbonyl (C=O) groups excluding carboxylic acids is 4. The minimum atomic E-state index is -0.480. The third-order valence-corrected chi connectivity index (χ3v) is 3.43. The summed E-state index contributed by atoms with van der Waals surface area (Å²) in [6.45, 7) is 2.12. The first kappa shape index (κ1) is 13.5. The molecule has 19 heavy (non-hydrogen) atoms. The van der Waals surface area contributed by atoms with Crippen molar-refractivity contribution in [2.24, 2.45) is 0 Å². The molecular formula is C13H15N2O4. The Hall–Kier alpha value is -1.98. The van der Waals surface area contributed by atoms with Gasteiger partial charge in [-0.2, -0.15) is 0 Å². The van der Waals surface area contributed by atoms with Crippen molar-refractivity contribution in [3.05, 3.63) is 11.8 Å². The Morgan fingerprint density at radius 1 is 1.47 bits per heavy atom. The van der Waals surface area contributed by atoms with Crippen molar-refractivity contribution in [1.82, 2.24) is 9.80 Å². The first-order chi connectivity index (χ1) is 9.10.